The van der Waals surface area contributed by atoms with Crippen molar-refractivity contribution in [1.82, 2.24) is 29.9 Å². The van der Waals surface area contributed by atoms with Gasteiger partial charge < -0.3 is 31.9 Å². The maximum absolute atomic E-state index is 10.7. The Hall–Kier alpha value is -2.98. The predicted octanol–water partition coefficient (Wildman–Crippen LogP) is 0.0848. The van der Waals surface area contributed by atoms with Crippen molar-refractivity contribution in [3.05, 3.63) is 6.33 Å². The molecule has 0 bridgehead atoms. The Morgan fingerprint density at radius 3 is 1.91 bits per heavy atom. The molecule has 14 nitrogen and oxygen atoms in total. The van der Waals surface area contributed by atoms with E-state index in [9.17, 15) is 9.59 Å². The molecule has 0 spiro atoms. The lowest BCUT2D eigenvalue weighted by atomic mass is 10.5. The Labute approximate surface area is 192 Å². The van der Waals surface area contributed by atoms with Gasteiger partial charge >= 0.3 is 11.9 Å². The second kappa shape index (κ2) is 14.2. The average Bonchev–Trinajstić information content (AvgIpc) is 2.75. The van der Waals surface area contributed by atoms with E-state index in [1.165, 1.54) is 29.9 Å². The summed E-state index contributed by atoms with van der Waals surface area (Å²) in [6.07, 6.45) is 1.37. The number of rotatable bonds is 16. The van der Waals surface area contributed by atoms with Gasteiger partial charge in [-0.15, -0.1) is 0 Å². The van der Waals surface area contributed by atoms with Crippen LogP contribution in [0.25, 0.3) is 0 Å². The first-order valence-electron chi connectivity index (χ1n) is 9.52. The number of anilines is 3. The van der Waals surface area contributed by atoms with Crippen LogP contribution in [0.3, 0.4) is 0 Å². The maximum Gasteiger partial charge on any atom is 0.304 e. The van der Waals surface area contributed by atoms with Gasteiger partial charge in [0.05, 0.1) is 12.8 Å². The minimum Gasteiger partial charge on any atom is -0.481 e. The van der Waals surface area contributed by atoms with E-state index in [0.29, 0.717) is 65.8 Å². The highest BCUT2D eigenvalue weighted by atomic mass is 32.2. The highest BCUT2D eigenvalue weighted by Crippen LogP contribution is 2.17. The third-order valence-electron chi connectivity index (χ3n) is 3.38. The number of carbonyl (C=O) groups is 2. The fraction of sp³-hybridized carbons (Fsp3) is 0.500. The molecule has 2 aromatic rings. The molecule has 7 N–H and O–H groups in total. The lowest BCUT2D eigenvalue weighted by Crippen LogP contribution is -2.19. The van der Waals surface area contributed by atoms with Crippen molar-refractivity contribution in [3.63, 3.8) is 0 Å². The topological polar surface area (TPSA) is 214 Å². The number of nitrogens with two attached hydrogens (primary N) is 1. The van der Waals surface area contributed by atoms with E-state index in [0.717, 1.165) is 0 Å². The van der Waals surface area contributed by atoms with Crippen LogP contribution in [0.4, 0.5) is 17.8 Å². The summed E-state index contributed by atoms with van der Waals surface area (Å²) in [6.45, 7) is 1.77. The van der Waals surface area contributed by atoms with E-state index < -0.39 is 11.9 Å². The van der Waals surface area contributed by atoms with Crippen molar-refractivity contribution in [1.29, 1.82) is 0 Å². The molecule has 2 heterocycles. The summed E-state index contributed by atoms with van der Waals surface area (Å²) in [5, 5.41) is 27.4. The van der Waals surface area contributed by atoms with Crippen molar-refractivity contribution in [2.75, 3.05) is 53.6 Å². The van der Waals surface area contributed by atoms with Crippen molar-refractivity contribution in [3.8, 4) is 0 Å². The number of carboxylic acid groups (broad SMARTS) is 2. The van der Waals surface area contributed by atoms with Crippen LogP contribution in [-0.2, 0) is 9.59 Å². The number of aliphatic carboxylic acids is 2. The van der Waals surface area contributed by atoms with Crippen molar-refractivity contribution in [2.24, 2.45) is 5.73 Å². The van der Waals surface area contributed by atoms with Crippen LogP contribution in [0.5, 0.6) is 0 Å². The molecule has 0 atom stereocenters. The lowest BCUT2D eigenvalue weighted by molar-refractivity contribution is -0.137. The molecule has 2 aromatic heterocycles. The molecule has 0 aromatic carbocycles. The summed E-state index contributed by atoms with van der Waals surface area (Å²) >= 11 is 2.46. The number of hydrogen-bond acceptors (Lipinski definition) is 14. The van der Waals surface area contributed by atoms with Crippen LogP contribution < -0.4 is 21.7 Å². The Balaban J connectivity index is 1.86. The smallest absolute Gasteiger partial charge is 0.304 e. The molecule has 0 saturated heterocycles. The van der Waals surface area contributed by atoms with Crippen LogP contribution >= 0.6 is 23.5 Å². The van der Waals surface area contributed by atoms with E-state index >= 15 is 0 Å². The molecular weight excluding hydrogens is 460 g/mol. The Morgan fingerprint density at radius 2 is 1.31 bits per heavy atom. The summed E-state index contributed by atoms with van der Waals surface area (Å²) in [5.41, 5.74) is 5.50. The van der Waals surface area contributed by atoms with Gasteiger partial charge in [0, 0.05) is 37.7 Å². The summed E-state index contributed by atoms with van der Waals surface area (Å²) in [4.78, 5) is 46.4. The summed E-state index contributed by atoms with van der Waals surface area (Å²) in [5.74, 6) is -0.0153. The van der Waals surface area contributed by atoms with Gasteiger partial charge in [0.2, 0.25) is 17.8 Å². The SMILES string of the molecule is NCCNc1nc(NCCNc2ncnc(SCCC(=O)O)n2)nc(SCCC(=O)O)n1. The summed E-state index contributed by atoms with van der Waals surface area (Å²) < 4.78 is 0. The van der Waals surface area contributed by atoms with Crippen LogP contribution in [0, 0.1) is 0 Å². The second-order valence-corrected chi connectivity index (χ2v) is 8.03. The van der Waals surface area contributed by atoms with E-state index in [4.69, 9.17) is 15.9 Å². The molecule has 2 rings (SSSR count). The summed E-state index contributed by atoms with van der Waals surface area (Å²) in [7, 11) is 0. The zero-order valence-corrected chi connectivity index (χ0v) is 18.7. The first-order valence-corrected chi connectivity index (χ1v) is 11.5. The number of nitrogens with zero attached hydrogens (tertiary/aromatic N) is 6. The highest BCUT2D eigenvalue weighted by molar-refractivity contribution is 7.99. The van der Waals surface area contributed by atoms with Crippen molar-refractivity contribution < 1.29 is 19.8 Å². The molecule has 0 aliphatic heterocycles. The molecule has 0 aliphatic rings. The van der Waals surface area contributed by atoms with Gasteiger partial charge in [-0.25, -0.2) is 9.97 Å². The Morgan fingerprint density at radius 1 is 0.781 bits per heavy atom. The average molecular weight is 485 g/mol. The van der Waals surface area contributed by atoms with E-state index in [2.05, 4.69) is 45.9 Å². The molecule has 0 radical (unpaired) electrons. The predicted molar refractivity (Wildman–Crippen MR) is 120 cm³/mol. The molecule has 0 unspecified atom stereocenters. The normalized spacial score (nSPS) is 10.5. The third-order valence-corrected chi connectivity index (χ3v) is 5.09. The molecular formula is C16H24N10O4S2. The number of aromatic nitrogens is 6. The fourth-order valence-corrected chi connectivity index (χ4v) is 3.50. The molecule has 174 valence electrons. The Kier molecular flexibility index (Phi) is 11.2. The summed E-state index contributed by atoms with van der Waals surface area (Å²) in [6, 6.07) is 0. The van der Waals surface area contributed by atoms with Gasteiger partial charge in [0.1, 0.15) is 6.33 Å². The van der Waals surface area contributed by atoms with Gasteiger partial charge in [-0.1, -0.05) is 23.5 Å². The monoisotopic (exact) mass is 484 g/mol. The molecule has 16 heteroatoms. The maximum atomic E-state index is 10.7. The standard InChI is InChI=1S/C16H24N10O4S2/c17-3-4-18-13-23-14(26-16(25-13)32-8-2-11(29)30)20-6-5-19-12-21-9-22-15(24-12)31-7-1-10(27)28/h9H,1-8,17H2,(H,27,28)(H,29,30)(H,19,21,22,24)(H2,18,20,23,25,26). The fourth-order valence-electron chi connectivity index (χ4n) is 2.01. The van der Waals surface area contributed by atoms with Gasteiger partial charge in [-0.2, -0.15) is 19.9 Å². The van der Waals surface area contributed by atoms with E-state index in [1.54, 1.807) is 0 Å². The number of hydrogen-bond donors (Lipinski definition) is 6. The zero-order valence-electron chi connectivity index (χ0n) is 17.0. The van der Waals surface area contributed by atoms with Gasteiger partial charge in [0.25, 0.3) is 0 Å². The van der Waals surface area contributed by atoms with Crippen LogP contribution in [0.1, 0.15) is 12.8 Å². The first kappa shape index (κ1) is 25.3. The van der Waals surface area contributed by atoms with Crippen LogP contribution in [-0.4, -0.2) is 89.7 Å². The van der Waals surface area contributed by atoms with Gasteiger partial charge in [0.15, 0.2) is 10.3 Å². The molecule has 32 heavy (non-hydrogen) atoms. The molecule has 0 fully saturated rings. The molecule has 0 aliphatic carbocycles. The zero-order chi connectivity index (χ0) is 23.2. The molecule has 0 saturated carbocycles. The van der Waals surface area contributed by atoms with Crippen molar-refractivity contribution in [2.45, 2.75) is 23.2 Å². The minimum absolute atomic E-state index is 0.00287. The largest absolute Gasteiger partial charge is 0.481 e. The highest BCUT2D eigenvalue weighted by Gasteiger charge is 2.08. The lowest BCUT2D eigenvalue weighted by Gasteiger charge is -2.10. The van der Waals surface area contributed by atoms with E-state index in [1.807, 2.05) is 0 Å². The van der Waals surface area contributed by atoms with Gasteiger partial charge in [-0.05, 0) is 0 Å². The van der Waals surface area contributed by atoms with Crippen LogP contribution in [0.2, 0.25) is 0 Å². The van der Waals surface area contributed by atoms with Crippen molar-refractivity contribution >= 4 is 53.3 Å². The number of nitrogens with one attached hydrogen (secondary N) is 3. The second-order valence-electron chi connectivity index (χ2n) is 5.91. The number of carboxylic acids is 2. The third kappa shape index (κ3) is 10.4. The van der Waals surface area contributed by atoms with E-state index in [-0.39, 0.29) is 12.8 Å². The first-order chi connectivity index (χ1) is 15.5. The quantitative estimate of drug-likeness (QED) is 0.137. The van der Waals surface area contributed by atoms with Gasteiger partial charge in [-0.3, -0.25) is 9.59 Å². The number of thioether (sulfide) groups is 2. The minimum atomic E-state index is -0.890. The molecule has 0 amide bonds. The Bertz CT molecular complexity index is 892. The van der Waals surface area contributed by atoms with Crippen LogP contribution in [0.15, 0.2) is 16.6 Å².